The Hall–Kier alpha value is -2.28. The number of methoxy groups -OCH3 is 1. The molecule has 0 radical (unpaired) electrons. The van der Waals surface area contributed by atoms with E-state index in [1.165, 1.54) is 13.2 Å². The van der Waals surface area contributed by atoms with Gasteiger partial charge < -0.3 is 26.3 Å². The molecule has 0 atom stereocenters. The van der Waals surface area contributed by atoms with Gasteiger partial charge in [-0.05, 0) is 18.2 Å². The van der Waals surface area contributed by atoms with Crippen LogP contribution in [0.3, 0.4) is 0 Å². The lowest BCUT2D eigenvalue weighted by Gasteiger charge is -2.10. The van der Waals surface area contributed by atoms with Gasteiger partial charge in [0.1, 0.15) is 6.61 Å². The first-order valence-electron chi connectivity index (χ1n) is 5.62. The summed E-state index contributed by atoms with van der Waals surface area (Å²) in [6.07, 6.45) is 0. The zero-order valence-corrected chi connectivity index (χ0v) is 10.6. The van der Waals surface area contributed by atoms with Gasteiger partial charge >= 0.3 is 5.97 Å². The Morgan fingerprint density at radius 2 is 2.11 bits per heavy atom. The number of ether oxygens (including phenoxy) is 2. The van der Waals surface area contributed by atoms with Gasteiger partial charge in [-0.2, -0.15) is 0 Å². The molecule has 7 heteroatoms. The van der Waals surface area contributed by atoms with Gasteiger partial charge in [0.15, 0.2) is 0 Å². The molecule has 0 spiro atoms. The van der Waals surface area contributed by atoms with Crippen molar-refractivity contribution in [2.75, 3.05) is 37.9 Å². The Labute approximate surface area is 110 Å². The third-order valence-corrected chi connectivity index (χ3v) is 2.28. The van der Waals surface area contributed by atoms with Crippen LogP contribution in [0.5, 0.6) is 0 Å². The van der Waals surface area contributed by atoms with Crippen molar-refractivity contribution < 1.29 is 19.1 Å². The zero-order valence-electron chi connectivity index (χ0n) is 10.6. The number of hydrogen-bond donors (Lipinski definition) is 3. The summed E-state index contributed by atoms with van der Waals surface area (Å²) >= 11 is 0. The Kier molecular flexibility index (Phi) is 5.62. The van der Waals surface area contributed by atoms with E-state index in [1.54, 1.807) is 12.1 Å². The molecule has 0 aliphatic rings. The molecule has 1 aromatic carbocycles. The molecule has 19 heavy (non-hydrogen) atoms. The van der Waals surface area contributed by atoms with Gasteiger partial charge in [-0.1, -0.05) is 0 Å². The van der Waals surface area contributed by atoms with Crippen LogP contribution in [0, 0.1) is 0 Å². The summed E-state index contributed by atoms with van der Waals surface area (Å²) in [4.78, 5) is 21.7. The number of primary amides is 1. The number of anilines is 2. The lowest BCUT2D eigenvalue weighted by Crippen LogP contribution is -2.20. The van der Waals surface area contributed by atoms with Crippen molar-refractivity contribution in [2.24, 2.45) is 5.73 Å². The number of nitrogens with two attached hydrogens (primary N) is 2. The van der Waals surface area contributed by atoms with Gasteiger partial charge in [0.25, 0.3) is 0 Å². The molecule has 0 heterocycles. The quantitative estimate of drug-likeness (QED) is 0.363. The summed E-state index contributed by atoms with van der Waals surface area (Å²) in [5.41, 5.74) is 12.2. The maximum absolute atomic E-state index is 11.3. The van der Waals surface area contributed by atoms with E-state index >= 15 is 0 Å². The summed E-state index contributed by atoms with van der Waals surface area (Å²) in [6.45, 7) is 0.675. The molecule has 1 aromatic rings. The molecule has 7 nitrogen and oxygen atoms in total. The highest BCUT2D eigenvalue weighted by Gasteiger charge is 2.07. The van der Waals surface area contributed by atoms with Gasteiger partial charge in [-0.15, -0.1) is 0 Å². The lowest BCUT2D eigenvalue weighted by atomic mass is 10.1. The van der Waals surface area contributed by atoms with Crippen LogP contribution in [0.15, 0.2) is 18.2 Å². The molecule has 0 aromatic heterocycles. The van der Waals surface area contributed by atoms with E-state index in [-0.39, 0.29) is 6.61 Å². The highest BCUT2D eigenvalue weighted by Crippen LogP contribution is 2.19. The standard InChI is InChI=1S/C12H17N3O4/c1-18-12(17)8-2-3-10(9(13)6-8)15-4-5-19-7-11(14)16/h2-3,6,15H,4-5,7,13H2,1H3,(H2,14,16). The topological polar surface area (TPSA) is 117 Å². The Bertz CT molecular complexity index is 462. The number of carbonyl (C=O) groups is 2. The van der Waals surface area contributed by atoms with Gasteiger partial charge in [-0.25, -0.2) is 4.79 Å². The number of benzene rings is 1. The van der Waals surface area contributed by atoms with Crippen LogP contribution < -0.4 is 16.8 Å². The van der Waals surface area contributed by atoms with Crippen molar-refractivity contribution in [3.63, 3.8) is 0 Å². The number of amides is 1. The van der Waals surface area contributed by atoms with E-state index in [2.05, 4.69) is 10.1 Å². The molecule has 0 aliphatic carbocycles. The van der Waals surface area contributed by atoms with Crippen molar-refractivity contribution in [3.05, 3.63) is 23.8 Å². The van der Waals surface area contributed by atoms with E-state index in [1.807, 2.05) is 0 Å². The number of nitrogen functional groups attached to an aromatic ring is 1. The summed E-state index contributed by atoms with van der Waals surface area (Å²) < 4.78 is 9.57. The predicted molar refractivity (Wildman–Crippen MR) is 70.7 cm³/mol. The first-order chi connectivity index (χ1) is 9.04. The molecule has 5 N–H and O–H groups in total. The molecule has 0 saturated heterocycles. The third kappa shape index (κ3) is 4.84. The number of nitrogens with one attached hydrogen (secondary N) is 1. The number of carbonyl (C=O) groups excluding carboxylic acids is 2. The largest absolute Gasteiger partial charge is 0.465 e. The third-order valence-electron chi connectivity index (χ3n) is 2.28. The fourth-order valence-electron chi connectivity index (χ4n) is 1.40. The van der Waals surface area contributed by atoms with E-state index in [0.29, 0.717) is 30.1 Å². The van der Waals surface area contributed by atoms with Gasteiger partial charge in [0.2, 0.25) is 5.91 Å². The van der Waals surface area contributed by atoms with Gasteiger partial charge in [0, 0.05) is 6.54 Å². The second kappa shape index (κ2) is 7.22. The van der Waals surface area contributed by atoms with Crippen LogP contribution >= 0.6 is 0 Å². The van der Waals surface area contributed by atoms with E-state index in [4.69, 9.17) is 16.2 Å². The van der Waals surface area contributed by atoms with Crippen LogP contribution in [0.25, 0.3) is 0 Å². The highest BCUT2D eigenvalue weighted by atomic mass is 16.5. The first-order valence-corrected chi connectivity index (χ1v) is 5.62. The number of rotatable bonds is 7. The highest BCUT2D eigenvalue weighted by molar-refractivity contribution is 5.91. The van der Waals surface area contributed by atoms with Crippen LogP contribution in [0.1, 0.15) is 10.4 Å². The van der Waals surface area contributed by atoms with Crippen molar-refractivity contribution in [3.8, 4) is 0 Å². The monoisotopic (exact) mass is 267 g/mol. The maximum atomic E-state index is 11.3. The van der Waals surface area contributed by atoms with Crippen molar-refractivity contribution in [1.29, 1.82) is 0 Å². The van der Waals surface area contributed by atoms with Crippen LogP contribution in [-0.4, -0.2) is 38.7 Å². The molecule has 0 bridgehead atoms. The van der Waals surface area contributed by atoms with Crippen molar-refractivity contribution in [2.45, 2.75) is 0 Å². The number of esters is 1. The lowest BCUT2D eigenvalue weighted by molar-refractivity contribution is -0.122. The van der Waals surface area contributed by atoms with Crippen molar-refractivity contribution in [1.82, 2.24) is 0 Å². The second-order valence-electron chi connectivity index (χ2n) is 3.74. The minimum atomic E-state index is -0.512. The fourth-order valence-corrected chi connectivity index (χ4v) is 1.40. The molecule has 1 rings (SSSR count). The minimum absolute atomic E-state index is 0.113. The van der Waals surface area contributed by atoms with Crippen LogP contribution in [0.4, 0.5) is 11.4 Å². The van der Waals surface area contributed by atoms with Gasteiger partial charge in [0.05, 0.1) is 30.7 Å². The van der Waals surface area contributed by atoms with E-state index in [9.17, 15) is 9.59 Å². The Morgan fingerprint density at radius 3 is 2.68 bits per heavy atom. The average molecular weight is 267 g/mol. The number of hydrogen-bond acceptors (Lipinski definition) is 6. The first kappa shape index (κ1) is 14.8. The summed E-state index contributed by atoms with van der Waals surface area (Å²) in [7, 11) is 1.31. The molecule has 0 aliphatic heterocycles. The molecule has 0 fully saturated rings. The van der Waals surface area contributed by atoms with Gasteiger partial charge in [-0.3, -0.25) is 4.79 Å². The normalized spacial score (nSPS) is 9.95. The van der Waals surface area contributed by atoms with E-state index < -0.39 is 11.9 Å². The molecule has 104 valence electrons. The average Bonchev–Trinajstić information content (AvgIpc) is 2.38. The van der Waals surface area contributed by atoms with Crippen LogP contribution in [0.2, 0.25) is 0 Å². The molecule has 1 amide bonds. The predicted octanol–water partition coefficient (Wildman–Crippen LogP) is -0.0308. The zero-order chi connectivity index (χ0) is 14.3. The molecular weight excluding hydrogens is 250 g/mol. The smallest absolute Gasteiger partial charge is 0.337 e. The Balaban J connectivity index is 2.46. The molecular formula is C12H17N3O4. The summed E-state index contributed by atoms with van der Waals surface area (Å²) in [5.74, 6) is -0.954. The minimum Gasteiger partial charge on any atom is -0.465 e. The fraction of sp³-hybridized carbons (Fsp3) is 0.333. The molecule has 0 saturated carbocycles. The summed E-state index contributed by atoms with van der Waals surface area (Å²) in [5, 5.41) is 3.02. The van der Waals surface area contributed by atoms with Crippen LogP contribution in [-0.2, 0) is 14.3 Å². The maximum Gasteiger partial charge on any atom is 0.337 e. The van der Waals surface area contributed by atoms with E-state index in [0.717, 1.165) is 0 Å². The summed E-state index contributed by atoms with van der Waals surface area (Å²) in [6, 6.07) is 4.81. The second-order valence-corrected chi connectivity index (χ2v) is 3.74. The molecule has 0 unspecified atom stereocenters. The van der Waals surface area contributed by atoms with Crippen molar-refractivity contribution >= 4 is 23.3 Å². The Morgan fingerprint density at radius 1 is 1.37 bits per heavy atom. The SMILES string of the molecule is COC(=O)c1ccc(NCCOCC(N)=O)c(N)c1.